The molecule has 5 rings (SSSR count). The van der Waals surface area contributed by atoms with E-state index in [1.54, 1.807) is 12.1 Å². The summed E-state index contributed by atoms with van der Waals surface area (Å²) >= 11 is 0. The van der Waals surface area contributed by atoms with E-state index < -0.39 is 24.0 Å². The standard InChI is InChI=1S/C27H23F4N3O/c1-15-4-5-18(24-16(2)17(3)33-25(15)24)13-26(35,27(29,30)31)20-6-11-23-19(12-20)14-32-34(23)22-9-7-21(28)8-10-22/h4-12,14,33,35H,13H2,1-3H3. The van der Waals surface area contributed by atoms with Gasteiger partial charge in [-0.1, -0.05) is 18.2 Å². The zero-order valence-corrected chi connectivity index (χ0v) is 19.3. The number of H-pyrrole nitrogens is 1. The third kappa shape index (κ3) is 3.69. The van der Waals surface area contributed by atoms with Crippen LogP contribution >= 0.6 is 0 Å². The number of hydrogen-bond acceptors (Lipinski definition) is 2. The molecule has 2 heterocycles. The quantitative estimate of drug-likeness (QED) is 0.286. The molecule has 0 saturated carbocycles. The first-order valence-corrected chi connectivity index (χ1v) is 11.1. The SMILES string of the molecule is Cc1[nH]c2c(C)ccc(CC(O)(c3ccc4c(cnn4-c4ccc(F)cc4)c3)C(F)(F)F)c2c1C. The van der Waals surface area contributed by atoms with Crippen molar-refractivity contribution < 1.29 is 22.7 Å². The molecule has 0 amide bonds. The highest BCUT2D eigenvalue weighted by Gasteiger charge is 2.55. The summed E-state index contributed by atoms with van der Waals surface area (Å²) in [7, 11) is 0. The first-order chi connectivity index (χ1) is 16.5. The fourth-order valence-electron chi connectivity index (χ4n) is 4.68. The van der Waals surface area contributed by atoms with Crippen LogP contribution in [0.4, 0.5) is 17.6 Å². The summed E-state index contributed by atoms with van der Waals surface area (Å²) in [5.74, 6) is -0.402. The van der Waals surface area contributed by atoms with E-state index in [1.807, 2.05) is 20.8 Å². The molecule has 35 heavy (non-hydrogen) atoms. The number of nitrogens with one attached hydrogen (secondary N) is 1. The highest BCUT2D eigenvalue weighted by molar-refractivity contribution is 5.90. The van der Waals surface area contributed by atoms with Crippen molar-refractivity contribution in [2.24, 2.45) is 0 Å². The number of benzene rings is 3. The molecule has 3 aromatic carbocycles. The molecule has 0 aliphatic carbocycles. The van der Waals surface area contributed by atoms with Gasteiger partial charge in [-0.15, -0.1) is 0 Å². The number of aliphatic hydroxyl groups is 1. The Kier molecular flexibility index (Phi) is 5.25. The molecular weight excluding hydrogens is 458 g/mol. The van der Waals surface area contributed by atoms with E-state index >= 15 is 0 Å². The summed E-state index contributed by atoms with van der Waals surface area (Å²) in [6, 6.07) is 13.1. The Balaban J connectivity index is 1.63. The van der Waals surface area contributed by atoms with Gasteiger partial charge in [0.1, 0.15) is 5.82 Å². The molecule has 4 nitrogen and oxygen atoms in total. The molecule has 2 N–H and O–H groups in total. The first-order valence-electron chi connectivity index (χ1n) is 11.1. The molecule has 0 saturated heterocycles. The smallest absolute Gasteiger partial charge is 0.376 e. The number of aromatic nitrogens is 3. The molecule has 0 spiro atoms. The molecule has 5 aromatic rings. The average molecular weight is 481 g/mol. The normalized spacial score (nSPS) is 14.1. The fourth-order valence-corrected chi connectivity index (χ4v) is 4.68. The Labute approximate surface area is 198 Å². The summed E-state index contributed by atoms with van der Waals surface area (Å²) in [4.78, 5) is 3.25. The van der Waals surface area contributed by atoms with Crippen LogP contribution in [0.15, 0.2) is 60.8 Å². The zero-order valence-electron chi connectivity index (χ0n) is 19.3. The van der Waals surface area contributed by atoms with Crippen molar-refractivity contribution in [3.63, 3.8) is 0 Å². The van der Waals surface area contributed by atoms with E-state index in [1.165, 1.54) is 53.3 Å². The van der Waals surface area contributed by atoms with Gasteiger partial charge in [0.2, 0.25) is 0 Å². The maximum absolute atomic E-state index is 14.5. The molecule has 0 radical (unpaired) electrons. The second-order valence-corrected chi connectivity index (χ2v) is 9.01. The predicted molar refractivity (Wildman–Crippen MR) is 127 cm³/mol. The third-order valence-corrected chi connectivity index (χ3v) is 6.78. The molecular formula is C27H23F4N3O. The van der Waals surface area contributed by atoms with Gasteiger partial charge in [-0.2, -0.15) is 18.3 Å². The Morgan fingerprint density at radius 2 is 1.69 bits per heavy atom. The van der Waals surface area contributed by atoms with Gasteiger partial charge in [0.05, 0.1) is 17.4 Å². The molecule has 2 aromatic heterocycles. The van der Waals surface area contributed by atoms with E-state index in [0.717, 1.165) is 22.3 Å². The van der Waals surface area contributed by atoms with E-state index in [0.29, 0.717) is 27.5 Å². The molecule has 180 valence electrons. The molecule has 0 aliphatic heterocycles. The summed E-state index contributed by atoms with van der Waals surface area (Å²) in [6.45, 7) is 5.63. The summed E-state index contributed by atoms with van der Waals surface area (Å²) in [5, 5.41) is 16.6. The van der Waals surface area contributed by atoms with Gasteiger partial charge in [0, 0.05) is 28.4 Å². The molecule has 1 unspecified atom stereocenters. The Morgan fingerprint density at radius 3 is 2.37 bits per heavy atom. The predicted octanol–water partition coefficient (Wildman–Crippen LogP) is 6.56. The maximum Gasteiger partial charge on any atom is 0.421 e. The van der Waals surface area contributed by atoms with E-state index in [-0.39, 0.29) is 5.56 Å². The summed E-state index contributed by atoms with van der Waals surface area (Å²) < 4.78 is 58.2. The Hall–Kier alpha value is -3.65. The monoisotopic (exact) mass is 481 g/mol. The zero-order chi connectivity index (χ0) is 25.1. The van der Waals surface area contributed by atoms with Crippen molar-refractivity contribution in [3.05, 3.63) is 94.6 Å². The number of alkyl halides is 3. The van der Waals surface area contributed by atoms with Gasteiger partial charge < -0.3 is 10.1 Å². The molecule has 8 heteroatoms. The van der Waals surface area contributed by atoms with Crippen LogP contribution in [0, 0.1) is 26.6 Å². The lowest BCUT2D eigenvalue weighted by molar-refractivity contribution is -0.266. The third-order valence-electron chi connectivity index (χ3n) is 6.78. The van der Waals surface area contributed by atoms with Gasteiger partial charge >= 0.3 is 6.18 Å². The average Bonchev–Trinajstić information content (AvgIpc) is 3.36. The lowest BCUT2D eigenvalue weighted by Crippen LogP contribution is -2.44. The number of rotatable bonds is 4. The van der Waals surface area contributed by atoms with Crippen LogP contribution in [-0.4, -0.2) is 26.0 Å². The molecule has 0 fully saturated rings. The minimum absolute atomic E-state index is 0.269. The number of hydrogen-bond donors (Lipinski definition) is 2. The van der Waals surface area contributed by atoms with E-state index in [2.05, 4.69) is 10.1 Å². The van der Waals surface area contributed by atoms with Gasteiger partial charge in [-0.25, -0.2) is 9.07 Å². The highest BCUT2D eigenvalue weighted by Crippen LogP contribution is 2.44. The van der Waals surface area contributed by atoms with Crippen LogP contribution in [-0.2, 0) is 12.0 Å². The van der Waals surface area contributed by atoms with Crippen molar-refractivity contribution >= 4 is 21.8 Å². The van der Waals surface area contributed by atoms with Crippen molar-refractivity contribution in [2.75, 3.05) is 0 Å². The number of aryl methyl sites for hydroxylation is 3. The Morgan fingerprint density at radius 1 is 0.971 bits per heavy atom. The van der Waals surface area contributed by atoms with E-state index in [4.69, 9.17) is 0 Å². The minimum Gasteiger partial charge on any atom is -0.376 e. The lowest BCUT2D eigenvalue weighted by atomic mass is 9.84. The minimum atomic E-state index is -4.93. The second-order valence-electron chi connectivity index (χ2n) is 9.01. The maximum atomic E-state index is 14.5. The fraction of sp³-hybridized carbons (Fsp3) is 0.222. The topological polar surface area (TPSA) is 53.8 Å². The van der Waals surface area contributed by atoms with Crippen LogP contribution in [0.3, 0.4) is 0 Å². The largest absolute Gasteiger partial charge is 0.421 e. The number of fused-ring (bicyclic) bond motifs is 2. The van der Waals surface area contributed by atoms with Crippen LogP contribution in [0.1, 0.15) is 27.9 Å². The van der Waals surface area contributed by atoms with Crippen LogP contribution in [0.25, 0.3) is 27.5 Å². The van der Waals surface area contributed by atoms with Crippen LogP contribution in [0.2, 0.25) is 0 Å². The van der Waals surface area contributed by atoms with Crippen molar-refractivity contribution in [1.29, 1.82) is 0 Å². The lowest BCUT2D eigenvalue weighted by Gasteiger charge is -2.31. The van der Waals surface area contributed by atoms with Gasteiger partial charge in [-0.3, -0.25) is 0 Å². The number of aromatic amines is 1. The van der Waals surface area contributed by atoms with Crippen LogP contribution < -0.4 is 0 Å². The van der Waals surface area contributed by atoms with Crippen molar-refractivity contribution in [2.45, 2.75) is 39.0 Å². The Bertz CT molecular complexity index is 1560. The van der Waals surface area contributed by atoms with Crippen molar-refractivity contribution in [1.82, 2.24) is 14.8 Å². The van der Waals surface area contributed by atoms with E-state index in [9.17, 15) is 22.7 Å². The van der Waals surface area contributed by atoms with Crippen molar-refractivity contribution in [3.8, 4) is 5.69 Å². The van der Waals surface area contributed by atoms with Gasteiger partial charge in [-0.05, 0) is 79.4 Å². The molecule has 1 atom stereocenters. The summed E-state index contributed by atoms with van der Waals surface area (Å²) in [6.07, 6.45) is -4.13. The first kappa shape index (κ1) is 23.1. The number of nitrogens with zero attached hydrogens (tertiary/aromatic N) is 2. The van der Waals surface area contributed by atoms with Gasteiger partial charge in [0.25, 0.3) is 0 Å². The second kappa shape index (κ2) is 7.95. The highest BCUT2D eigenvalue weighted by atomic mass is 19.4. The summed E-state index contributed by atoms with van der Waals surface area (Å²) in [5.41, 5.74) is 1.58. The molecule has 0 bridgehead atoms. The molecule has 0 aliphatic rings. The van der Waals surface area contributed by atoms with Crippen LogP contribution in [0.5, 0.6) is 0 Å². The van der Waals surface area contributed by atoms with Gasteiger partial charge in [0.15, 0.2) is 5.60 Å². The number of halogens is 4.